The lowest BCUT2D eigenvalue weighted by Crippen LogP contribution is -2.44. The van der Waals surface area contributed by atoms with Gasteiger partial charge in [-0.05, 0) is 36.2 Å². The molecule has 1 N–H and O–H groups in total. The number of nitrogens with zero attached hydrogens (tertiary/aromatic N) is 2. The second-order valence-electron chi connectivity index (χ2n) is 7.68. The summed E-state index contributed by atoms with van der Waals surface area (Å²) in [7, 11) is 0. The van der Waals surface area contributed by atoms with Gasteiger partial charge in [-0.3, -0.25) is 14.5 Å². The SMILES string of the molecule is O=C1CC(N2CCc3c([nH]c4ccccc34)C2)C(=O)N1c1cccc(C(F)(F)F)c1. The van der Waals surface area contributed by atoms with Gasteiger partial charge in [-0.2, -0.15) is 13.2 Å². The summed E-state index contributed by atoms with van der Waals surface area (Å²) in [6, 6.07) is 11.7. The van der Waals surface area contributed by atoms with Crippen molar-refractivity contribution in [2.24, 2.45) is 0 Å². The molecule has 154 valence electrons. The maximum absolute atomic E-state index is 13.0. The highest BCUT2D eigenvalue weighted by Crippen LogP contribution is 2.35. The van der Waals surface area contributed by atoms with Crippen LogP contribution in [0.4, 0.5) is 18.9 Å². The minimum Gasteiger partial charge on any atom is -0.357 e. The molecule has 2 aromatic carbocycles. The van der Waals surface area contributed by atoms with Crippen molar-refractivity contribution in [3.05, 3.63) is 65.4 Å². The second-order valence-corrected chi connectivity index (χ2v) is 7.68. The van der Waals surface area contributed by atoms with Crippen LogP contribution in [0.15, 0.2) is 48.5 Å². The van der Waals surface area contributed by atoms with Crippen molar-refractivity contribution in [2.75, 3.05) is 11.4 Å². The van der Waals surface area contributed by atoms with Crippen LogP contribution < -0.4 is 4.90 Å². The molecule has 5 rings (SSSR count). The van der Waals surface area contributed by atoms with E-state index in [-0.39, 0.29) is 12.1 Å². The van der Waals surface area contributed by atoms with Crippen LogP contribution in [0, 0.1) is 0 Å². The number of amides is 2. The molecular formula is C22H18F3N3O2. The number of hydrogen-bond acceptors (Lipinski definition) is 3. The molecule has 1 fully saturated rings. The summed E-state index contributed by atoms with van der Waals surface area (Å²) in [6.07, 6.45) is -3.84. The number of nitrogens with one attached hydrogen (secondary N) is 1. The van der Waals surface area contributed by atoms with Crippen molar-refractivity contribution in [3.63, 3.8) is 0 Å². The predicted octanol–water partition coefficient (Wildman–Crippen LogP) is 3.88. The molecule has 1 aromatic heterocycles. The van der Waals surface area contributed by atoms with Crippen LogP contribution >= 0.6 is 0 Å². The number of aromatic amines is 1. The first-order valence-corrected chi connectivity index (χ1v) is 9.69. The van der Waals surface area contributed by atoms with Gasteiger partial charge in [0.2, 0.25) is 5.91 Å². The number of anilines is 1. The van der Waals surface area contributed by atoms with Crippen molar-refractivity contribution in [2.45, 2.75) is 31.6 Å². The van der Waals surface area contributed by atoms with Crippen LogP contribution in [0.5, 0.6) is 0 Å². The normalized spacial score (nSPS) is 20.2. The number of hydrogen-bond donors (Lipinski definition) is 1. The molecule has 5 nitrogen and oxygen atoms in total. The van der Waals surface area contributed by atoms with Gasteiger partial charge in [-0.1, -0.05) is 24.3 Å². The number of halogens is 3. The highest BCUT2D eigenvalue weighted by molar-refractivity contribution is 6.22. The molecule has 0 radical (unpaired) electrons. The third-order valence-corrected chi connectivity index (χ3v) is 5.91. The topological polar surface area (TPSA) is 56.4 Å². The second kappa shape index (κ2) is 6.70. The molecule has 2 aliphatic heterocycles. The Labute approximate surface area is 170 Å². The summed E-state index contributed by atoms with van der Waals surface area (Å²) in [6.45, 7) is 1.10. The highest BCUT2D eigenvalue weighted by atomic mass is 19.4. The van der Waals surface area contributed by atoms with E-state index in [1.165, 1.54) is 17.7 Å². The highest BCUT2D eigenvalue weighted by Gasteiger charge is 2.44. The van der Waals surface area contributed by atoms with Gasteiger partial charge in [0.25, 0.3) is 5.91 Å². The van der Waals surface area contributed by atoms with E-state index < -0.39 is 29.6 Å². The van der Waals surface area contributed by atoms with E-state index in [0.29, 0.717) is 13.1 Å². The number of para-hydroxylation sites is 1. The first kappa shape index (κ1) is 18.9. The molecule has 3 heterocycles. The summed E-state index contributed by atoms with van der Waals surface area (Å²) >= 11 is 0. The number of benzene rings is 2. The fraction of sp³-hybridized carbons (Fsp3) is 0.273. The van der Waals surface area contributed by atoms with Gasteiger partial charge in [-0.15, -0.1) is 0 Å². The van der Waals surface area contributed by atoms with E-state index in [1.807, 2.05) is 23.1 Å². The van der Waals surface area contributed by atoms with Gasteiger partial charge in [0.1, 0.15) is 0 Å². The number of imide groups is 1. The third kappa shape index (κ3) is 2.99. The lowest BCUT2D eigenvalue weighted by atomic mass is 10.0. The molecule has 1 unspecified atom stereocenters. The summed E-state index contributed by atoms with van der Waals surface area (Å²) in [5.74, 6) is -0.953. The van der Waals surface area contributed by atoms with Gasteiger partial charge < -0.3 is 4.98 Å². The molecular weight excluding hydrogens is 395 g/mol. The van der Waals surface area contributed by atoms with Gasteiger partial charge in [-0.25, -0.2) is 4.90 Å². The lowest BCUT2D eigenvalue weighted by molar-refractivity contribution is -0.137. The smallest absolute Gasteiger partial charge is 0.357 e. The Kier molecular flexibility index (Phi) is 4.21. The molecule has 0 spiro atoms. The van der Waals surface area contributed by atoms with Crippen molar-refractivity contribution in [1.82, 2.24) is 9.88 Å². The molecule has 0 bridgehead atoms. The summed E-state index contributed by atoms with van der Waals surface area (Å²) in [5.41, 5.74) is 2.34. The summed E-state index contributed by atoms with van der Waals surface area (Å²) in [5, 5.41) is 1.16. The Morgan fingerprint density at radius 2 is 1.83 bits per heavy atom. The quantitative estimate of drug-likeness (QED) is 0.649. The Morgan fingerprint density at radius 3 is 2.63 bits per heavy atom. The Morgan fingerprint density at radius 1 is 1.03 bits per heavy atom. The maximum atomic E-state index is 13.0. The monoisotopic (exact) mass is 413 g/mol. The molecule has 0 aliphatic carbocycles. The fourth-order valence-electron chi connectivity index (χ4n) is 4.47. The Balaban J connectivity index is 1.41. The average molecular weight is 413 g/mol. The number of H-pyrrole nitrogens is 1. The maximum Gasteiger partial charge on any atom is 0.416 e. The molecule has 8 heteroatoms. The molecule has 1 saturated heterocycles. The van der Waals surface area contributed by atoms with Crippen molar-refractivity contribution < 1.29 is 22.8 Å². The first-order valence-electron chi connectivity index (χ1n) is 9.69. The van der Waals surface area contributed by atoms with Gasteiger partial charge >= 0.3 is 6.18 Å². The first-order chi connectivity index (χ1) is 14.3. The van der Waals surface area contributed by atoms with Crippen LogP contribution in [0.3, 0.4) is 0 Å². The fourth-order valence-corrected chi connectivity index (χ4v) is 4.47. The number of carbonyl (C=O) groups excluding carboxylic acids is 2. The van der Waals surface area contributed by atoms with Gasteiger partial charge in [0, 0.05) is 29.7 Å². The molecule has 0 saturated carbocycles. The molecule has 30 heavy (non-hydrogen) atoms. The summed E-state index contributed by atoms with van der Waals surface area (Å²) in [4.78, 5) is 31.8. The zero-order chi connectivity index (χ0) is 21.0. The number of alkyl halides is 3. The van der Waals surface area contributed by atoms with Gasteiger partial charge in [0.05, 0.1) is 23.7 Å². The predicted molar refractivity (Wildman–Crippen MR) is 105 cm³/mol. The van der Waals surface area contributed by atoms with E-state index in [2.05, 4.69) is 11.1 Å². The Hall–Kier alpha value is -3.13. The van der Waals surface area contributed by atoms with E-state index in [1.54, 1.807) is 0 Å². The zero-order valence-corrected chi connectivity index (χ0v) is 15.9. The number of fused-ring (bicyclic) bond motifs is 3. The minimum atomic E-state index is -4.54. The lowest BCUT2D eigenvalue weighted by Gasteiger charge is -2.30. The number of aromatic nitrogens is 1. The van der Waals surface area contributed by atoms with Crippen LogP contribution in [0.2, 0.25) is 0 Å². The van der Waals surface area contributed by atoms with Crippen LogP contribution in [-0.2, 0) is 28.7 Å². The van der Waals surface area contributed by atoms with E-state index in [0.717, 1.165) is 40.1 Å². The van der Waals surface area contributed by atoms with Crippen LogP contribution in [0.1, 0.15) is 23.2 Å². The number of rotatable bonds is 2. The molecule has 1 atom stereocenters. The van der Waals surface area contributed by atoms with E-state index in [9.17, 15) is 22.8 Å². The van der Waals surface area contributed by atoms with Crippen molar-refractivity contribution in [3.8, 4) is 0 Å². The average Bonchev–Trinajstić information content (AvgIpc) is 3.23. The zero-order valence-electron chi connectivity index (χ0n) is 15.9. The third-order valence-electron chi connectivity index (χ3n) is 5.91. The number of carbonyl (C=O) groups is 2. The van der Waals surface area contributed by atoms with Crippen LogP contribution in [0.25, 0.3) is 10.9 Å². The van der Waals surface area contributed by atoms with E-state index >= 15 is 0 Å². The van der Waals surface area contributed by atoms with Crippen molar-refractivity contribution in [1.29, 1.82) is 0 Å². The van der Waals surface area contributed by atoms with Crippen LogP contribution in [-0.4, -0.2) is 34.3 Å². The molecule has 3 aromatic rings. The largest absolute Gasteiger partial charge is 0.416 e. The minimum absolute atomic E-state index is 0.0364. The summed E-state index contributed by atoms with van der Waals surface area (Å²) < 4.78 is 39.1. The molecule has 2 aliphatic rings. The van der Waals surface area contributed by atoms with Gasteiger partial charge in [0.15, 0.2) is 0 Å². The van der Waals surface area contributed by atoms with Crippen molar-refractivity contribution >= 4 is 28.4 Å². The molecule has 2 amide bonds. The van der Waals surface area contributed by atoms with E-state index in [4.69, 9.17) is 0 Å². The standard InChI is InChI=1S/C22H18F3N3O2/c23-22(24,25)13-4-3-5-14(10-13)28-20(29)11-19(21(28)30)27-9-8-16-15-6-1-2-7-17(15)26-18(16)12-27/h1-7,10,19,26H,8-9,11-12H2. The Bertz CT molecular complexity index is 1170.